The predicted molar refractivity (Wildman–Crippen MR) is 72.5 cm³/mol. The Hall–Kier alpha value is -1.95. The van der Waals surface area contributed by atoms with Gasteiger partial charge in [0, 0.05) is 31.6 Å². The van der Waals surface area contributed by atoms with Crippen molar-refractivity contribution >= 4 is 11.6 Å². The van der Waals surface area contributed by atoms with Crippen molar-refractivity contribution in [3.8, 4) is 0 Å². The number of amides is 1. The Morgan fingerprint density at radius 1 is 1.47 bits per heavy atom. The van der Waals surface area contributed by atoms with Gasteiger partial charge in [0.05, 0.1) is 11.0 Å². The molecule has 0 saturated carbocycles. The van der Waals surface area contributed by atoms with Crippen molar-refractivity contribution in [2.24, 2.45) is 11.7 Å². The molecular formula is C13H19N3O3. The van der Waals surface area contributed by atoms with Gasteiger partial charge >= 0.3 is 0 Å². The van der Waals surface area contributed by atoms with E-state index in [0.29, 0.717) is 0 Å². The van der Waals surface area contributed by atoms with Gasteiger partial charge in [0.1, 0.15) is 0 Å². The first-order chi connectivity index (χ1) is 8.88. The van der Waals surface area contributed by atoms with Gasteiger partial charge in [-0.2, -0.15) is 0 Å². The van der Waals surface area contributed by atoms with Crippen LogP contribution in [0.2, 0.25) is 0 Å². The number of carbonyl (C=O) groups excluding carboxylic acids is 1. The molecule has 6 nitrogen and oxygen atoms in total. The lowest BCUT2D eigenvalue weighted by Gasteiger charge is -2.27. The minimum atomic E-state index is -0.444. The smallest absolute Gasteiger partial charge is 0.269 e. The Bertz CT molecular complexity index is 476. The van der Waals surface area contributed by atoms with Gasteiger partial charge in [-0.25, -0.2) is 0 Å². The fourth-order valence-electron chi connectivity index (χ4n) is 1.76. The SMILES string of the molecule is CC(CN)C(=O)N(C)C(C)c1cccc([N+](=O)[O-])c1. The Morgan fingerprint density at radius 2 is 2.11 bits per heavy atom. The first-order valence-corrected chi connectivity index (χ1v) is 6.09. The molecule has 2 unspecified atom stereocenters. The van der Waals surface area contributed by atoms with E-state index in [1.165, 1.54) is 12.1 Å². The van der Waals surface area contributed by atoms with E-state index in [-0.39, 0.29) is 30.1 Å². The summed E-state index contributed by atoms with van der Waals surface area (Å²) < 4.78 is 0. The quantitative estimate of drug-likeness (QED) is 0.648. The molecule has 6 heteroatoms. The summed E-state index contributed by atoms with van der Waals surface area (Å²) in [5.41, 5.74) is 6.23. The molecule has 0 fully saturated rings. The maximum atomic E-state index is 12.0. The summed E-state index contributed by atoms with van der Waals surface area (Å²) in [7, 11) is 1.68. The Kier molecular flexibility index (Phi) is 5.00. The van der Waals surface area contributed by atoms with Gasteiger partial charge in [-0.15, -0.1) is 0 Å². The van der Waals surface area contributed by atoms with Crippen LogP contribution in [-0.2, 0) is 4.79 Å². The number of hydrogen-bond acceptors (Lipinski definition) is 4. The molecule has 2 N–H and O–H groups in total. The fraction of sp³-hybridized carbons (Fsp3) is 0.462. The van der Waals surface area contributed by atoms with Crippen LogP contribution in [0.4, 0.5) is 5.69 Å². The maximum Gasteiger partial charge on any atom is 0.269 e. The molecule has 1 aromatic carbocycles. The second kappa shape index (κ2) is 6.29. The van der Waals surface area contributed by atoms with Crippen LogP contribution in [0, 0.1) is 16.0 Å². The number of nitrogens with zero attached hydrogens (tertiary/aromatic N) is 2. The molecule has 0 saturated heterocycles. The van der Waals surface area contributed by atoms with Gasteiger partial charge in [-0.05, 0) is 12.5 Å². The number of benzene rings is 1. The Labute approximate surface area is 112 Å². The van der Waals surface area contributed by atoms with Gasteiger partial charge in [-0.3, -0.25) is 14.9 Å². The van der Waals surface area contributed by atoms with Crippen molar-refractivity contribution in [3.63, 3.8) is 0 Å². The summed E-state index contributed by atoms with van der Waals surface area (Å²) in [6.07, 6.45) is 0. The molecule has 0 heterocycles. The number of nitro benzene ring substituents is 1. The highest BCUT2D eigenvalue weighted by molar-refractivity contribution is 5.78. The molecule has 0 spiro atoms. The Morgan fingerprint density at radius 3 is 2.63 bits per heavy atom. The molecule has 0 aliphatic heterocycles. The molecule has 1 rings (SSSR count). The monoisotopic (exact) mass is 265 g/mol. The molecule has 0 aliphatic rings. The van der Waals surface area contributed by atoms with Crippen LogP contribution in [-0.4, -0.2) is 29.3 Å². The highest BCUT2D eigenvalue weighted by atomic mass is 16.6. The van der Waals surface area contributed by atoms with Crippen LogP contribution in [0.3, 0.4) is 0 Å². The number of rotatable bonds is 5. The maximum absolute atomic E-state index is 12.0. The predicted octanol–water partition coefficient (Wildman–Crippen LogP) is 1.71. The average Bonchev–Trinajstić information content (AvgIpc) is 2.44. The van der Waals surface area contributed by atoms with Crippen LogP contribution >= 0.6 is 0 Å². The van der Waals surface area contributed by atoms with Crippen LogP contribution in [0.15, 0.2) is 24.3 Å². The summed E-state index contributed by atoms with van der Waals surface area (Å²) in [6, 6.07) is 6.08. The Balaban J connectivity index is 2.93. The van der Waals surface area contributed by atoms with E-state index in [0.717, 1.165) is 5.56 Å². The van der Waals surface area contributed by atoms with E-state index in [9.17, 15) is 14.9 Å². The highest BCUT2D eigenvalue weighted by Crippen LogP contribution is 2.23. The molecule has 104 valence electrons. The molecular weight excluding hydrogens is 246 g/mol. The average molecular weight is 265 g/mol. The van der Waals surface area contributed by atoms with Crippen molar-refractivity contribution in [2.75, 3.05) is 13.6 Å². The number of hydrogen-bond donors (Lipinski definition) is 1. The van der Waals surface area contributed by atoms with E-state index in [1.807, 2.05) is 6.92 Å². The summed E-state index contributed by atoms with van der Waals surface area (Å²) >= 11 is 0. The second-order valence-corrected chi connectivity index (χ2v) is 4.61. The van der Waals surface area contributed by atoms with Gasteiger partial charge in [0.15, 0.2) is 0 Å². The molecule has 19 heavy (non-hydrogen) atoms. The lowest BCUT2D eigenvalue weighted by atomic mass is 10.0. The fourth-order valence-corrected chi connectivity index (χ4v) is 1.76. The zero-order chi connectivity index (χ0) is 14.6. The largest absolute Gasteiger partial charge is 0.339 e. The van der Waals surface area contributed by atoms with Crippen molar-refractivity contribution in [2.45, 2.75) is 19.9 Å². The van der Waals surface area contributed by atoms with Gasteiger partial charge in [-0.1, -0.05) is 19.1 Å². The molecule has 1 aromatic rings. The summed E-state index contributed by atoms with van der Waals surface area (Å²) in [5.74, 6) is -0.326. The third-order valence-electron chi connectivity index (χ3n) is 3.27. The first-order valence-electron chi connectivity index (χ1n) is 6.09. The summed E-state index contributed by atoms with van der Waals surface area (Å²) in [5, 5.41) is 10.7. The van der Waals surface area contributed by atoms with Crippen molar-refractivity contribution < 1.29 is 9.72 Å². The minimum absolute atomic E-state index is 0.0251. The summed E-state index contributed by atoms with van der Waals surface area (Å²) in [6.45, 7) is 3.88. The number of nitrogens with two attached hydrogens (primary N) is 1. The van der Waals surface area contributed by atoms with Crippen LogP contribution in [0.5, 0.6) is 0 Å². The third-order valence-corrected chi connectivity index (χ3v) is 3.27. The van der Waals surface area contributed by atoms with Crippen LogP contribution < -0.4 is 5.73 Å². The van der Waals surface area contributed by atoms with Crippen molar-refractivity contribution in [1.82, 2.24) is 4.90 Å². The number of non-ortho nitro benzene ring substituents is 1. The molecule has 2 atom stereocenters. The molecule has 1 amide bonds. The topological polar surface area (TPSA) is 89.5 Å². The van der Waals surface area contributed by atoms with Gasteiger partial charge < -0.3 is 10.6 Å². The molecule has 0 aromatic heterocycles. The van der Waals surface area contributed by atoms with Crippen molar-refractivity contribution in [1.29, 1.82) is 0 Å². The molecule has 0 aliphatic carbocycles. The van der Waals surface area contributed by atoms with Gasteiger partial charge in [0.2, 0.25) is 5.91 Å². The van der Waals surface area contributed by atoms with E-state index in [1.54, 1.807) is 31.0 Å². The van der Waals surface area contributed by atoms with E-state index < -0.39 is 4.92 Å². The standard InChI is InChI=1S/C13H19N3O3/c1-9(8-14)13(17)15(3)10(2)11-5-4-6-12(7-11)16(18)19/h4-7,9-10H,8,14H2,1-3H3. The molecule has 0 radical (unpaired) electrons. The zero-order valence-corrected chi connectivity index (χ0v) is 11.4. The third kappa shape index (κ3) is 3.51. The minimum Gasteiger partial charge on any atom is -0.339 e. The molecule has 0 bridgehead atoms. The normalized spacial score (nSPS) is 13.7. The number of nitro groups is 1. The van der Waals surface area contributed by atoms with E-state index in [4.69, 9.17) is 5.73 Å². The lowest BCUT2D eigenvalue weighted by molar-refractivity contribution is -0.384. The van der Waals surface area contributed by atoms with E-state index in [2.05, 4.69) is 0 Å². The second-order valence-electron chi connectivity index (χ2n) is 4.61. The van der Waals surface area contributed by atoms with Crippen LogP contribution in [0.25, 0.3) is 0 Å². The zero-order valence-electron chi connectivity index (χ0n) is 11.4. The summed E-state index contributed by atoms with van der Waals surface area (Å²) in [4.78, 5) is 23.9. The lowest BCUT2D eigenvalue weighted by Crippen LogP contribution is -2.36. The van der Waals surface area contributed by atoms with E-state index >= 15 is 0 Å². The number of carbonyl (C=O) groups is 1. The van der Waals surface area contributed by atoms with Crippen molar-refractivity contribution in [3.05, 3.63) is 39.9 Å². The first kappa shape index (κ1) is 15.1. The van der Waals surface area contributed by atoms with Gasteiger partial charge in [0.25, 0.3) is 5.69 Å². The highest BCUT2D eigenvalue weighted by Gasteiger charge is 2.22. The van der Waals surface area contributed by atoms with Crippen LogP contribution in [0.1, 0.15) is 25.5 Å².